The first-order valence-corrected chi connectivity index (χ1v) is 7.78. The Bertz CT molecular complexity index is 250. The number of hydrogen-bond acceptors (Lipinski definition) is 7. The lowest BCUT2D eigenvalue weighted by Gasteiger charge is -2.09. The number of ether oxygens (including phenoxy) is 3. The molecule has 0 aromatic carbocycles. The van der Waals surface area contributed by atoms with Crippen LogP contribution in [0.15, 0.2) is 0 Å². The van der Waals surface area contributed by atoms with Gasteiger partial charge in [0.25, 0.3) is 0 Å². The van der Waals surface area contributed by atoms with E-state index in [-0.39, 0.29) is 25.6 Å². The first-order chi connectivity index (χ1) is 9.58. The second-order valence-electron chi connectivity index (χ2n) is 4.09. The standard InChI is InChI=1S/C9H18O6P.C3H8O/c1-3-12-6-13-16(11)15-8-4-7(2)14-9(8)5-10;1-3-4-2/h7-10H,3-6H2,1-2H3;3H2,1-2H3/q+1;/t7-,8+,9+;/m0./s1. The number of aliphatic hydroxyl groups excluding tert-OH is 1. The fraction of sp³-hybridized carbons (Fsp3) is 1.00. The van der Waals surface area contributed by atoms with Crippen molar-refractivity contribution in [2.75, 3.05) is 33.7 Å². The lowest BCUT2D eigenvalue weighted by Crippen LogP contribution is -2.26. The van der Waals surface area contributed by atoms with Crippen LogP contribution >= 0.6 is 8.25 Å². The van der Waals surface area contributed by atoms with Gasteiger partial charge in [-0.25, -0.2) is 0 Å². The maximum Gasteiger partial charge on any atom is 0.700 e. The molecule has 120 valence electrons. The molecule has 0 amide bonds. The third-order valence-corrected chi connectivity index (χ3v) is 3.28. The van der Waals surface area contributed by atoms with Crippen LogP contribution in [-0.2, 0) is 27.8 Å². The van der Waals surface area contributed by atoms with Gasteiger partial charge in [0.2, 0.25) is 6.79 Å². The van der Waals surface area contributed by atoms with Gasteiger partial charge in [-0.3, -0.25) is 0 Å². The normalized spacial score (nSPS) is 26.1. The molecule has 7 nitrogen and oxygen atoms in total. The average Bonchev–Trinajstić information content (AvgIpc) is 2.79. The Balaban J connectivity index is 0.000000796. The van der Waals surface area contributed by atoms with E-state index in [2.05, 4.69) is 4.74 Å². The molecule has 20 heavy (non-hydrogen) atoms. The zero-order valence-electron chi connectivity index (χ0n) is 12.6. The molecule has 8 heteroatoms. The van der Waals surface area contributed by atoms with Crippen molar-refractivity contribution < 1.29 is 32.9 Å². The van der Waals surface area contributed by atoms with Gasteiger partial charge < -0.3 is 19.3 Å². The molecule has 0 radical (unpaired) electrons. The summed E-state index contributed by atoms with van der Waals surface area (Å²) in [4.78, 5) is 0. The van der Waals surface area contributed by atoms with Crippen molar-refractivity contribution in [1.29, 1.82) is 0 Å². The molecule has 1 aliphatic heterocycles. The van der Waals surface area contributed by atoms with E-state index in [0.717, 1.165) is 6.61 Å². The van der Waals surface area contributed by atoms with Crippen molar-refractivity contribution in [3.8, 4) is 0 Å². The summed E-state index contributed by atoms with van der Waals surface area (Å²) in [5.41, 5.74) is 0. The Morgan fingerprint density at radius 3 is 2.50 bits per heavy atom. The van der Waals surface area contributed by atoms with Gasteiger partial charge in [0.05, 0.1) is 12.7 Å². The van der Waals surface area contributed by atoms with Crippen molar-refractivity contribution in [1.82, 2.24) is 0 Å². The Morgan fingerprint density at radius 2 is 2.00 bits per heavy atom. The summed E-state index contributed by atoms with van der Waals surface area (Å²) in [6, 6.07) is 0. The molecule has 1 N–H and O–H groups in total. The molecular weight excluding hydrogens is 287 g/mol. The Hall–Kier alpha value is -0.140. The molecule has 4 atom stereocenters. The molecule has 0 saturated carbocycles. The smallest absolute Gasteiger partial charge is 0.394 e. The van der Waals surface area contributed by atoms with Crippen LogP contribution in [-0.4, -0.2) is 57.1 Å². The van der Waals surface area contributed by atoms with Crippen LogP contribution in [0.4, 0.5) is 0 Å². The van der Waals surface area contributed by atoms with E-state index in [9.17, 15) is 4.57 Å². The molecule has 1 rings (SSSR count). The van der Waals surface area contributed by atoms with Gasteiger partial charge in [0.1, 0.15) is 12.2 Å². The molecule has 1 heterocycles. The fourth-order valence-electron chi connectivity index (χ4n) is 1.50. The van der Waals surface area contributed by atoms with Crippen molar-refractivity contribution in [2.45, 2.75) is 45.5 Å². The van der Waals surface area contributed by atoms with Gasteiger partial charge in [-0.1, -0.05) is 4.52 Å². The summed E-state index contributed by atoms with van der Waals surface area (Å²) < 4.78 is 36.1. The second-order valence-corrected chi connectivity index (χ2v) is 5.00. The third kappa shape index (κ3) is 8.92. The third-order valence-electron chi connectivity index (χ3n) is 2.52. The van der Waals surface area contributed by atoms with Crippen molar-refractivity contribution >= 4 is 8.25 Å². The predicted octanol–water partition coefficient (Wildman–Crippen LogP) is 1.86. The molecule has 1 aliphatic rings. The van der Waals surface area contributed by atoms with Crippen LogP contribution < -0.4 is 0 Å². The molecule has 0 aliphatic carbocycles. The monoisotopic (exact) mass is 313 g/mol. The lowest BCUT2D eigenvalue weighted by molar-refractivity contribution is -0.0210. The van der Waals surface area contributed by atoms with Gasteiger partial charge in [0.15, 0.2) is 0 Å². The zero-order valence-corrected chi connectivity index (χ0v) is 13.5. The Kier molecular flexibility index (Phi) is 12.5. The summed E-state index contributed by atoms with van der Waals surface area (Å²) in [6.07, 6.45) is -0.211. The van der Waals surface area contributed by atoms with Crippen LogP contribution in [0.2, 0.25) is 0 Å². The highest BCUT2D eigenvalue weighted by Gasteiger charge is 2.40. The van der Waals surface area contributed by atoms with Crippen LogP contribution in [0, 0.1) is 0 Å². The van der Waals surface area contributed by atoms with Crippen LogP contribution in [0.1, 0.15) is 27.2 Å². The number of aliphatic hydroxyl groups is 1. The second kappa shape index (κ2) is 12.6. The van der Waals surface area contributed by atoms with E-state index in [1.165, 1.54) is 0 Å². The zero-order chi connectivity index (χ0) is 15.4. The van der Waals surface area contributed by atoms with Crippen molar-refractivity contribution in [2.24, 2.45) is 0 Å². The highest BCUT2D eigenvalue weighted by Crippen LogP contribution is 2.33. The lowest BCUT2D eigenvalue weighted by atomic mass is 10.1. The predicted molar refractivity (Wildman–Crippen MR) is 73.6 cm³/mol. The minimum Gasteiger partial charge on any atom is -0.394 e. The molecule has 1 fully saturated rings. The van der Waals surface area contributed by atoms with E-state index in [0.29, 0.717) is 13.0 Å². The molecule has 0 bridgehead atoms. The van der Waals surface area contributed by atoms with E-state index in [4.69, 9.17) is 23.6 Å². The van der Waals surface area contributed by atoms with Crippen LogP contribution in [0.3, 0.4) is 0 Å². The Labute approximate surface area is 121 Å². The first-order valence-electron chi connectivity index (χ1n) is 6.68. The van der Waals surface area contributed by atoms with E-state index >= 15 is 0 Å². The summed E-state index contributed by atoms with van der Waals surface area (Å²) in [7, 11) is -0.540. The minimum atomic E-state index is -2.22. The number of hydrogen-bond donors (Lipinski definition) is 1. The molecular formula is C12H26O7P+. The maximum atomic E-state index is 11.3. The summed E-state index contributed by atoms with van der Waals surface area (Å²) >= 11 is 0. The molecule has 0 aromatic heterocycles. The van der Waals surface area contributed by atoms with Crippen molar-refractivity contribution in [3.05, 3.63) is 0 Å². The van der Waals surface area contributed by atoms with E-state index in [1.54, 1.807) is 7.11 Å². The van der Waals surface area contributed by atoms with Crippen molar-refractivity contribution in [3.63, 3.8) is 0 Å². The molecule has 1 unspecified atom stereocenters. The summed E-state index contributed by atoms with van der Waals surface area (Å²) in [5, 5.41) is 9.02. The Morgan fingerprint density at radius 1 is 1.35 bits per heavy atom. The quantitative estimate of drug-likeness (QED) is 0.416. The average molecular weight is 313 g/mol. The van der Waals surface area contributed by atoms with Gasteiger partial charge in [0, 0.05) is 31.3 Å². The topological polar surface area (TPSA) is 83.5 Å². The fourth-order valence-corrected chi connectivity index (χ4v) is 2.16. The largest absolute Gasteiger partial charge is 0.700 e. The van der Waals surface area contributed by atoms with Gasteiger partial charge >= 0.3 is 8.25 Å². The summed E-state index contributed by atoms with van der Waals surface area (Å²) in [5.74, 6) is 0. The highest BCUT2D eigenvalue weighted by atomic mass is 31.1. The first kappa shape index (κ1) is 19.9. The number of rotatable bonds is 8. The SMILES string of the molecule is CCOC.CCOCO[P+](=O)O[C@@H]1C[C@H](C)O[C@@H]1CO. The molecule has 1 saturated heterocycles. The van der Waals surface area contributed by atoms with Gasteiger partial charge in [-0.05, 0) is 20.8 Å². The van der Waals surface area contributed by atoms with Crippen LogP contribution in [0.5, 0.6) is 0 Å². The maximum absolute atomic E-state index is 11.3. The molecule has 0 spiro atoms. The molecule has 0 aromatic rings. The highest BCUT2D eigenvalue weighted by molar-refractivity contribution is 7.33. The van der Waals surface area contributed by atoms with E-state index in [1.807, 2.05) is 20.8 Å². The van der Waals surface area contributed by atoms with Gasteiger partial charge in [-0.2, -0.15) is 0 Å². The number of methoxy groups -OCH3 is 1. The van der Waals surface area contributed by atoms with Crippen LogP contribution in [0.25, 0.3) is 0 Å². The minimum absolute atomic E-state index is 0.00237. The summed E-state index contributed by atoms with van der Waals surface area (Å²) in [6.45, 7) is 6.75. The van der Waals surface area contributed by atoms with Gasteiger partial charge in [-0.15, -0.1) is 4.52 Å². The van der Waals surface area contributed by atoms with E-state index < -0.39 is 14.4 Å².